The number of halogens is 1. The number of hydrogen-bond acceptors (Lipinski definition) is 3. The van der Waals surface area contributed by atoms with Crippen LogP contribution in [-0.4, -0.2) is 31.8 Å². The van der Waals surface area contributed by atoms with Gasteiger partial charge in [-0.15, -0.1) is 24.0 Å². The fourth-order valence-electron chi connectivity index (χ4n) is 1.84. The summed E-state index contributed by atoms with van der Waals surface area (Å²) in [5.41, 5.74) is 1.14. The van der Waals surface area contributed by atoms with Gasteiger partial charge in [0.1, 0.15) is 5.76 Å². The van der Waals surface area contributed by atoms with Crippen molar-refractivity contribution in [2.45, 2.75) is 45.7 Å². The smallest absolute Gasteiger partial charge is 0.191 e. The summed E-state index contributed by atoms with van der Waals surface area (Å²) in [5, 5.41) is 6.79. The third-order valence-electron chi connectivity index (χ3n) is 3.25. The molecule has 0 bridgehead atoms. The number of ether oxygens (including phenoxy) is 1. The van der Waals surface area contributed by atoms with Crippen molar-refractivity contribution in [3.63, 3.8) is 0 Å². The molecule has 0 radical (unpaired) electrons. The number of nitrogens with zero attached hydrogens (tertiary/aromatic N) is 1. The standard InChI is InChI=1S/C15H25N3O2.HI/c1-3-19-9-4-8-16-15(18-14-5-6-14)17-11-13-7-10-20-12(13)2;/h7,10,14H,3-6,8-9,11H2,1-2H3,(H2,16,17,18);1H. The normalized spacial score (nSPS) is 14.7. The van der Waals surface area contributed by atoms with Crippen LogP contribution in [0.5, 0.6) is 0 Å². The molecular weight excluding hydrogens is 381 g/mol. The number of furan rings is 1. The van der Waals surface area contributed by atoms with Crippen molar-refractivity contribution in [3.05, 3.63) is 23.7 Å². The van der Waals surface area contributed by atoms with E-state index in [1.54, 1.807) is 6.26 Å². The van der Waals surface area contributed by atoms with Crippen LogP contribution in [0.2, 0.25) is 0 Å². The zero-order valence-electron chi connectivity index (χ0n) is 12.9. The fraction of sp³-hybridized carbons (Fsp3) is 0.667. The SMILES string of the molecule is CCOCCCNC(=NCc1ccoc1C)NC1CC1.I. The molecule has 1 aromatic rings. The molecule has 1 heterocycles. The molecule has 1 fully saturated rings. The maximum Gasteiger partial charge on any atom is 0.191 e. The highest BCUT2D eigenvalue weighted by atomic mass is 127. The van der Waals surface area contributed by atoms with Crippen molar-refractivity contribution in [2.75, 3.05) is 19.8 Å². The van der Waals surface area contributed by atoms with E-state index in [0.717, 1.165) is 43.5 Å². The highest BCUT2D eigenvalue weighted by Crippen LogP contribution is 2.18. The zero-order valence-corrected chi connectivity index (χ0v) is 15.2. The summed E-state index contributed by atoms with van der Waals surface area (Å²) in [6.07, 6.45) is 5.18. The van der Waals surface area contributed by atoms with E-state index >= 15 is 0 Å². The Hall–Kier alpha value is -0.760. The molecule has 0 aromatic carbocycles. The Morgan fingerprint density at radius 2 is 2.29 bits per heavy atom. The van der Waals surface area contributed by atoms with Gasteiger partial charge < -0.3 is 19.8 Å². The Morgan fingerprint density at radius 1 is 1.48 bits per heavy atom. The van der Waals surface area contributed by atoms with Crippen LogP contribution in [0.15, 0.2) is 21.7 Å². The number of rotatable bonds is 8. The lowest BCUT2D eigenvalue weighted by atomic mass is 10.3. The minimum absolute atomic E-state index is 0. The second-order valence-corrected chi connectivity index (χ2v) is 5.06. The summed E-state index contributed by atoms with van der Waals surface area (Å²) in [5.74, 6) is 1.83. The Morgan fingerprint density at radius 3 is 2.90 bits per heavy atom. The molecule has 1 aliphatic carbocycles. The lowest BCUT2D eigenvalue weighted by Gasteiger charge is -2.11. The maximum atomic E-state index is 5.33. The molecule has 21 heavy (non-hydrogen) atoms. The lowest BCUT2D eigenvalue weighted by molar-refractivity contribution is 0.145. The molecule has 120 valence electrons. The van der Waals surface area contributed by atoms with Crippen LogP contribution in [0.25, 0.3) is 0 Å². The van der Waals surface area contributed by atoms with Gasteiger partial charge in [-0.2, -0.15) is 0 Å². The molecule has 6 heteroatoms. The van der Waals surface area contributed by atoms with E-state index in [9.17, 15) is 0 Å². The molecule has 1 aromatic heterocycles. The summed E-state index contributed by atoms with van der Waals surface area (Å²) >= 11 is 0. The third-order valence-corrected chi connectivity index (χ3v) is 3.25. The molecule has 0 unspecified atom stereocenters. The van der Waals surface area contributed by atoms with Crippen LogP contribution in [-0.2, 0) is 11.3 Å². The van der Waals surface area contributed by atoms with Crippen LogP contribution in [0.4, 0.5) is 0 Å². The molecule has 0 amide bonds. The van der Waals surface area contributed by atoms with E-state index < -0.39 is 0 Å². The second kappa shape index (κ2) is 10.0. The van der Waals surface area contributed by atoms with E-state index in [1.165, 1.54) is 12.8 Å². The van der Waals surface area contributed by atoms with Gasteiger partial charge in [-0.1, -0.05) is 0 Å². The van der Waals surface area contributed by atoms with Gasteiger partial charge in [0.15, 0.2) is 5.96 Å². The van der Waals surface area contributed by atoms with Crippen molar-refractivity contribution in [1.29, 1.82) is 0 Å². The van der Waals surface area contributed by atoms with Gasteiger partial charge in [0, 0.05) is 31.4 Å². The predicted octanol–water partition coefficient (Wildman–Crippen LogP) is 2.83. The van der Waals surface area contributed by atoms with E-state index in [0.29, 0.717) is 12.6 Å². The van der Waals surface area contributed by atoms with Gasteiger partial charge in [-0.25, -0.2) is 4.99 Å². The first-order valence-corrected chi connectivity index (χ1v) is 7.45. The molecule has 5 nitrogen and oxygen atoms in total. The van der Waals surface area contributed by atoms with E-state index in [1.807, 2.05) is 19.9 Å². The minimum atomic E-state index is 0. The number of nitrogens with one attached hydrogen (secondary N) is 2. The van der Waals surface area contributed by atoms with Gasteiger partial charge in [0.25, 0.3) is 0 Å². The maximum absolute atomic E-state index is 5.33. The van der Waals surface area contributed by atoms with E-state index in [2.05, 4.69) is 15.6 Å². The Labute approximate surface area is 143 Å². The van der Waals surface area contributed by atoms with Crippen molar-refractivity contribution >= 4 is 29.9 Å². The molecule has 2 rings (SSSR count). The zero-order chi connectivity index (χ0) is 14.2. The van der Waals surface area contributed by atoms with Crippen molar-refractivity contribution in [1.82, 2.24) is 10.6 Å². The molecule has 0 atom stereocenters. The number of aryl methyl sites for hydroxylation is 1. The van der Waals surface area contributed by atoms with Crippen molar-refractivity contribution in [3.8, 4) is 0 Å². The quantitative estimate of drug-likeness (QED) is 0.301. The molecule has 1 saturated carbocycles. The highest BCUT2D eigenvalue weighted by molar-refractivity contribution is 14.0. The molecule has 0 spiro atoms. The first-order valence-electron chi connectivity index (χ1n) is 7.45. The van der Waals surface area contributed by atoms with Gasteiger partial charge in [-0.05, 0) is 39.2 Å². The second-order valence-electron chi connectivity index (χ2n) is 5.06. The number of guanidine groups is 1. The van der Waals surface area contributed by atoms with Crippen LogP contribution in [0.1, 0.15) is 37.5 Å². The molecule has 2 N–H and O–H groups in total. The molecule has 0 aliphatic heterocycles. The monoisotopic (exact) mass is 407 g/mol. The minimum Gasteiger partial charge on any atom is -0.469 e. The topological polar surface area (TPSA) is 58.8 Å². The van der Waals surface area contributed by atoms with Crippen molar-refractivity contribution in [2.24, 2.45) is 4.99 Å². The van der Waals surface area contributed by atoms with Gasteiger partial charge in [0.05, 0.1) is 12.8 Å². The number of aliphatic imine (C=N–C) groups is 1. The average molecular weight is 407 g/mol. The first kappa shape index (κ1) is 18.3. The van der Waals surface area contributed by atoms with Gasteiger partial charge in [0.2, 0.25) is 0 Å². The van der Waals surface area contributed by atoms with E-state index in [-0.39, 0.29) is 24.0 Å². The van der Waals surface area contributed by atoms with E-state index in [4.69, 9.17) is 9.15 Å². The largest absolute Gasteiger partial charge is 0.469 e. The van der Waals surface area contributed by atoms with Crippen molar-refractivity contribution < 1.29 is 9.15 Å². The Balaban J connectivity index is 0.00000220. The average Bonchev–Trinajstić information content (AvgIpc) is 3.17. The Kier molecular flexibility index (Phi) is 8.75. The van der Waals surface area contributed by atoms with Gasteiger partial charge in [-0.3, -0.25) is 0 Å². The summed E-state index contributed by atoms with van der Waals surface area (Å²) in [6.45, 7) is 7.08. The molecular formula is C15H26IN3O2. The van der Waals surface area contributed by atoms with Crippen LogP contribution >= 0.6 is 24.0 Å². The number of hydrogen-bond donors (Lipinski definition) is 2. The fourth-order valence-corrected chi connectivity index (χ4v) is 1.84. The third kappa shape index (κ3) is 7.17. The van der Waals surface area contributed by atoms with Crippen LogP contribution < -0.4 is 10.6 Å². The summed E-state index contributed by atoms with van der Waals surface area (Å²) in [7, 11) is 0. The Bertz CT molecular complexity index is 430. The summed E-state index contributed by atoms with van der Waals surface area (Å²) in [4.78, 5) is 4.62. The predicted molar refractivity (Wildman–Crippen MR) is 95.3 cm³/mol. The van der Waals surface area contributed by atoms with Crippen LogP contribution in [0, 0.1) is 6.92 Å². The lowest BCUT2D eigenvalue weighted by Crippen LogP contribution is -2.39. The summed E-state index contributed by atoms with van der Waals surface area (Å²) < 4.78 is 10.6. The molecule has 0 saturated heterocycles. The molecule has 1 aliphatic rings. The highest BCUT2D eigenvalue weighted by Gasteiger charge is 2.22. The first-order chi connectivity index (χ1) is 9.79. The van der Waals surface area contributed by atoms with Gasteiger partial charge >= 0.3 is 0 Å². The van der Waals surface area contributed by atoms with Crippen LogP contribution in [0.3, 0.4) is 0 Å². The summed E-state index contributed by atoms with van der Waals surface area (Å²) in [6, 6.07) is 2.57.